The van der Waals surface area contributed by atoms with E-state index < -0.39 is 0 Å². The molecule has 1 amide bonds. The molecule has 110 valence electrons. The molecule has 0 spiro atoms. The minimum atomic E-state index is -0.231. The van der Waals surface area contributed by atoms with Crippen LogP contribution in [0.4, 0.5) is 0 Å². The minimum absolute atomic E-state index is 0.231. The highest BCUT2D eigenvalue weighted by molar-refractivity contribution is 5.76. The topological polar surface area (TPSA) is 52.6 Å². The molecule has 0 aliphatic carbocycles. The van der Waals surface area contributed by atoms with Gasteiger partial charge in [-0.25, -0.2) is 0 Å². The first-order valence-electron chi connectivity index (χ1n) is 7.83. The van der Waals surface area contributed by atoms with Gasteiger partial charge in [0.1, 0.15) is 0 Å². The van der Waals surface area contributed by atoms with E-state index in [1.54, 1.807) is 0 Å². The van der Waals surface area contributed by atoms with Gasteiger partial charge >= 0.3 is 0 Å². The molecule has 2 N–H and O–H groups in total. The molecule has 2 heterocycles. The van der Waals surface area contributed by atoms with E-state index in [2.05, 4.69) is 5.32 Å². The molecule has 0 saturated carbocycles. The molecule has 0 radical (unpaired) electrons. The molecule has 2 atom stereocenters. The maximum atomic E-state index is 12.2. The van der Waals surface area contributed by atoms with Gasteiger partial charge in [-0.15, -0.1) is 0 Å². The Bertz CT molecular complexity index is 280. The molecule has 19 heavy (non-hydrogen) atoms. The van der Waals surface area contributed by atoms with Crippen LogP contribution >= 0.6 is 0 Å². The number of piperidine rings is 2. The quantitative estimate of drug-likeness (QED) is 0.810. The number of likely N-dealkylation sites (tertiary alicyclic amines) is 1. The molecule has 0 aromatic carbocycles. The number of aliphatic hydroxyl groups excluding tert-OH is 1. The largest absolute Gasteiger partial charge is 0.393 e. The van der Waals surface area contributed by atoms with Crippen molar-refractivity contribution in [2.45, 2.75) is 51.6 Å². The number of hydrogen-bond donors (Lipinski definition) is 2. The van der Waals surface area contributed by atoms with Gasteiger partial charge in [0.25, 0.3) is 0 Å². The molecule has 2 aliphatic heterocycles. The maximum Gasteiger partial charge on any atom is 0.222 e. The lowest BCUT2D eigenvalue weighted by atomic mass is 9.91. The van der Waals surface area contributed by atoms with Crippen molar-refractivity contribution in [1.82, 2.24) is 10.2 Å². The standard InChI is InChI=1S/C15H28N2O2/c1-12(18)14-6-9-17(10-7-14)15(19)5-4-13-3-2-8-16-11-13/h12-14,16,18H,2-11H2,1H3. The molecule has 4 heteroatoms. The summed E-state index contributed by atoms with van der Waals surface area (Å²) in [5, 5.41) is 13.0. The number of amides is 1. The van der Waals surface area contributed by atoms with E-state index in [1.165, 1.54) is 12.8 Å². The summed E-state index contributed by atoms with van der Waals surface area (Å²) >= 11 is 0. The van der Waals surface area contributed by atoms with Crippen LogP contribution in [-0.2, 0) is 4.79 Å². The van der Waals surface area contributed by atoms with E-state index in [4.69, 9.17) is 0 Å². The van der Waals surface area contributed by atoms with Crippen molar-refractivity contribution in [3.05, 3.63) is 0 Å². The zero-order valence-electron chi connectivity index (χ0n) is 12.1. The highest BCUT2D eigenvalue weighted by Crippen LogP contribution is 2.22. The van der Waals surface area contributed by atoms with E-state index in [0.29, 0.717) is 24.2 Å². The van der Waals surface area contributed by atoms with Gasteiger partial charge in [-0.3, -0.25) is 4.79 Å². The first-order valence-corrected chi connectivity index (χ1v) is 7.83. The van der Waals surface area contributed by atoms with Crippen LogP contribution in [0, 0.1) is 11.8 Å². The third-order valence-electron chi connectivity index (χ3n) is 4.74. The maximum absolute atomic E-state index is 12.2. The summed E-state index contributed by atoms with van der Waals surface area (Å²) in [6, 6.07) is 0. The zero-order valence-corrected chi connectivity index (χ0v) is 12.1. The molecule has 2 rings (SSSR count). The van der Waals surface area contributed by atoms with Crippen molar-refractivity contribution >= 4 is 5.91 Å². The minimum Gasteiger partial charge on any atom is -0.393 e. The van der Waals surface area contributed by atoms with Crippen molar-refractivity contribution < 1.29 is 9.90 Å². The second-order valence-corrected chi connectivity index (χ2v) is 6.21. The molecule has 0 aromatic heterocycles. The molecule has 2 saturated heterocycles. The molecule has 4 nitrogen and oxygen atoms in total. The summed E-state index contributed by atoms with van der Waals surface area (Å²) in [7, 11) is 0. The van der Waals surface area contributed by atoms with Crippen LogP contribution in [0.5, 0.6) is 0 Å². The Morgan fingerprint density at radius 3 is 2.68 bits per heavy atom. The van der Waals surface area contributed by atoms with Gasteiger partial charge in [0, 0.05) is 19.5 Å². The van der Waals surface area contributed by atoms with Crippen LogP contribution in [0.3, 0.4) is 0 Å². The molecule has 2 fully saturated rings. The number of rotatable bonds is 4. The normalized spacial score (nSPS) is 27.3. The number of nitrogens with zero attached hydrogens (tertiary/aromatic N) is 1. The fraction of sp³-hybridized carbons (Fsp3) is 0.933. The molecule has 2 aliphatic rings. The van der Waals surface area contributed by atoms with Crippen molar-refractivity contribution in [2.75, 3.05) is 26.2 Å². The first kappa shape index (κ1) is 14.8. The fourth-order valence-electron chi connectivity index (χ4n) is 3.29. The highest BCUT2D eigenvalue weighted by atomic mass is 16.3. The number of hydrogen-bond acceptors (Lipinski definition) is 3. The van der Waals surface area contributed by atoms with Gasteiger partial charge in [-0.1, -0.05) is 0 Å². The summed E-state index contributed by atoms with van der Waals surface area (Å²) in [6.45, 7) is 5.74. The van der Waals surface area contributed by atoms with Gasteiger partial charge in [0.05, 0.1) is 6.10 Å². The third-order valence-corrected chi connectivity index (χ3v) is 4.74. The monoisotopic (exact) mass is 268 g/mol. The Morgan fingerprint density at radius 2 is 2.11 bits per heavy atom. The third kappa shape index (κ3) is 4.46. The van der Waals surface area contributed by atoms with E-state index in [1.807, 2.05) is 11.8 Å². The Labute approximate surface area is 116 Å². The van der Waals surface area contributed by atoms with Crippen molar-refractivity contribution in [3.63, 3.8) is 0 Å². The second kappa shape index (κ2) is 7.25. The Kier molecular flexibility index (Phi) is 5.64. The Balaban J connectivity index is 1.66. The number of nitrogens with one attached hydrogen (secondary N) is 1. The van der Waals surface area contributed by atoms with Crippen molar-refractivity contribution in [2.24, 2.45) is 11.8 Å². The lowest BCUT2D eigenvalue weighted by Gasteiger charge is -2.33. The Morgan fingerprint density at radius 1 is 1.37 bits per heavy atom. The van der Waals surface area contributed by atoms with Gasteiger partial charge < -0.3 is 15.3 Å². The lowest BCUT2D eigenvalue weighted by Crippen LogP contribution is -2.41. The SMILES string of the molecule is CC(O)C1CCN(C(=O)CCC2CCCNC2)CC1. The molecular weight excluding hydrogens is 240 g/mol. The predicted octanol–water partition coefficient (Wildman–Crippen LogP) is 1.39. The van der Waals surface area contributed by atoms with Gasteiger partial charge in [0.2, 0.25) is 5.91 Å². The predicted molar refractivity (Wildman–Crippen MR) is 75.8 cm³/mol. The van der Waals surface area contributed by atoms with Crippen molar-refractivity contribution in [1.29, 1.82) is 0 Å². The number of carbonyl (C=O) groups excluding carboxylic acids is 1. The number of carbonyl (C=O) groups is 1. The summed E-state index contributed by atoms with van der Waals surface area (Å²) in [5.74, 6) is 1.38. The molecule has 0 aromatic rings. The molecule has 2 unspecified atom stereocenters. The second-order valence-electron chi connectivity index (χ2n) is 6.21. The van der Waals surface area contributed by atoms with E-state index >= 15 is 0 Å². The summed E-state index contributed by atoms with van der Waals surface area (Å²) in [5.41, 5.74) is 0. The first-order chi connectivity index (χ1) is 9.16. The summed E-state index contributed by atoms with van der Waals surface area (Å²) in [4.78, 5) is 14.2. The van der Waals surface area contributed by atoms with Gasteiger partial charge in [0.15, 0.2) is 0 Å². The Hall–Kier alpha value is -0.610. The lowest BCUT2D eigenvalue weighted by molar-refractivity contribution is -0.133. The van der Waals surface area contributed by atoms with Crippen LogP contribution in [0.15, 0.2) is 0 Å². The van der Waals surface area contributed by atoms with Crippen LogP contribution in [-0.4, -0.2) is 48.2 Å². The molecular formula is C15H28N2O2. The smallest absolute Gasteiger partial charge is 0.222 e. The summed E-state index contributed by atoms with van der Waals surface area (Å²) < 4.78 is 0. The van der Waals surface area contributed by atoms with Crippen LogP contribution in [0.25, 0.3) is 0 Å². The van der Waals surface area contributed by atoms with E-state index in [9.17, 15) is 9.90 Å². The van der Waals surface area contributed by atoms with E-state index in [0.717, 1.165) is 45.4 Å². The average Bonchev–Trinajstić information content (AvgIpc) is 2.46. The fourth-order valence-corrected chi connectivity index (χ4v) is 3.29. The van der Waals surface area contributed by atoms with Crippen LogP contribution in [0.2, 0.25) is 0 Å². The van der Waals surface area contributed by atoms with E-state index in [-0.39, 0.29) is 6.10 Å². The van der Waals surface area contributed by atoms with Crippen LogP contribution in [0.1, 0.15) is 45.4 Å². The molecule has 0 bridgehead atoms. The summed E-state index contributed by atoms with van der Waals surface area (Å²) in [6.07, 6.45) is 5.92. The average molecular weight is 268 g/mol. The van der Waals surface area contributed by atoms with Gasteiger partial charge in [-0.2, -0.15) is 0 Å². The van der Waals surface area contributed by atoms with Crippen LogP contribution < -0.4 is 5.32 Å². The number of aliphatic hydroxyl groups is 1. The van der Waals surface area contributed by atoms with Gasteiger partial charge in [-0.05, 0) is 64.0 Å². The zero-order chi connectivity index (χ0) is 13.7. The highest BCUT2D eigenvalue weighted by Gasteiger charge is 2.25. The van der Waals surface area contributed by atoms with Crippen molar-refractivity contribution in [3.8, 4) is 0 Å².